The Balaban J connectivity index is 1.24. The topological polar surface area (TPSA) is 58.7 Å². The van der Waals surface area contributed by atoms with E-state index in [2.05, 4.69) is 106 Å². The first-order chi connectivity index (χ1) is 23.9. The van der Waals surface area contributed by atoms with Gasteiger partial charge in [-0.15, -0.1) is 0 Å². The number of epoxide rings is 1. The molecule has 3 aliphatic rings. The summed E-state index contributed by atoms with van der Waals surface area (Å²) in [6.45, 7) is 8.83. The molecule has 7 rings (SSSR count). The monoisotopic (exact) mass is 678 g/mol. The Bertz CT molecular complexity index is 1550. The second-order valence-corrected chi connectivity index (χ2v) is 19.0. The van der Waals surface area contributed by atoms with E-state index in [1.807, 2.05) is 36.4 Å². The fourth-order valence-electron chi connectivity index (χ4n) is 7.79. The Morgan fingerprint density at radius 2 is 1.14 bits per heavy atom. The predicted molar refractivity (Wildman–Crippen MR) is 194 cm³/mol. The molecule has 0 amide bonds. The molecule has 1 spiro atoms. The number of rotatable bonds is 14. The van der Waals surface area contributed by atoms with Crippen molar-refractivity contribution in [2.45, 2.75) is 101 Å². The number of ether oxygens (including phenoxy) is 5. The van der Waals surface area contributed by atoms with E-state index in [1.54, 1.807) is 0 Å². The maximum absolute atomic E-state index is 7.49. The molecule has 3 fully saturated rings. The summed E-state index contributed by atoms with van der Waals surface area (Å²) in [4.78, 5) is 0. The van der Waals surface area contributed by atoms with Gasteiger partial charge in [-0.25, -0.2) is 0 Å². The second kappa shape index (κ2) is 15.0. The van der Waals surface area contributed by atoms with Crippen LogP contribution in [0.15, 0.2) is 121 Å². The quantitative estimate of drug-likeness (QED) is 0.104. The van der Waals surface area contributed by atoms with Gasteiger partial charge in [0.2, 0.25) is 0 Å². The fourth-order valence-corrected chi connectivity index (χ4v) is 12.4. The van der Waals surface area contributed by atoms with Crippen molar-refractivity contribution in [3.8, 4) is 0 Å². The molecule has 2 saturated heterocycles. The first kappa shape index (κ1) is 34.3. The minimum atomic E-state index is -2.83. The summed E-state index contributed by atoms with van der Waals surface area (Å²) >= 11 is 0. The van der Waals surface area contributed by atoms with E-state index in [0.29, 0.717) is 26.4 Å². The van der Waals surface area contributed by atoms with Crippen molar-refractivity contribution >= 4 is 18.7 Å². The van der Waals surface area contributed by atoms with E-state index in [4.69, 9.17) is 28.1 Å². The summed E-state index contributed by atoms with van der Waals surface area (Å²) in [7, 11) is -2.83. The highest BCUT2D eigenvalue weighted by molar-refractivity contribution is 6.99. The van der Waals surface area contributed by atoms with Gasteiger partial charge in [-0.05, 0) is 39.4 Å². The second-order valence-electron chi connectivity index (χ2n) is 14.7. The third-order valence-corrected chi connectivity index (χ3v) is 15.3. The lowest BCUT2D eigenvalue weighted by Gasteiger charge is -2.44. The third-order valence-electron chi connectivity index (χ3n) is 10.3. The Labute approximate surface area is 292 Å². The zero-order valence-corrected chi connectivity index (χ0v) is 30.0. The van der Waals surface area contributed by atoms with Crippen molar-refractivity contribution in [1.82, 2.24) is 0 Å². The largest absolute Gasteiger partial charge is 0.405 e. The van der Waals surface area contributed by atoms with Crippen LogP contribution < -0.4 is 10.4 Å². The molecule has 2 heterocycles. The molecule has 258 valence electrons. The van der Waals surface area contributed by atoms with Crippen molar-refractivity contribution in [1.29, 1.82) is 0 Å². The van der Waals surface area contributed by atoms with Crippen LogP contribution in [0.25, 0.3) is 0 Å². The van der Waals surface area contributed by atoms with Gasteiger partial charge in [0.25, 0.3) is 8.32 Å². The zero-order chi connectivity index (χ0) is 33.7. The Kier molecular flexibility index (Phi) is 10.5. The van der Waals surface area contributed by atoms with Crippen LogP contribution in [0.5, 0.6) is 0 Å². The maximum Gasteiger partial charge on any atom is 0.261 e. The van der Waals surface area contributed by atoms with E-state index in [1.165, 1.54) is 10.4 Å². The van der Waals surface area contributed by atoms with E-state index in [9.17, 15) is 0 Å². The summed E-state index contributed by atoms with van der Waals surface area (Å²) < 4.78 is 41.2. The molecule has 6 nitrogen and oxygen atoms in total. The summed E-state index contributed by atoms with van der Waals surface area (Å²) in [5.41, 5.74) is 2.21. The summed E-state index contributed by atoms with van der Waals surface area (Å²) in [6.07, 6.45) is 2.24. The van der Waals surface area contributed by atoms with Crippen LogP contribution in [-0.2, 0) is 41.3 Å². The molecular weight excluding hydrogens is 629 g/mol. The highest BCUT2D eigenvalue weighted by atomic mass is 28.4. The predicted octanol–water partition coefficient (Wildman–Crippen LogP) is 7.19. The van der Waals surface area contributed by atoms with Crippen LogP contribution in [0, 0.1) is 0 Å². The van der Waals surface area contributed by atoms with Crippen molar-refractivity contribution < 1.29 is 28.1 Å². The molecule has 0 bridgehead atoms. The molecule has 1 saturated carbocycles. The van der Waals surface area contributed by atoms with Crippen molar-refractivity contribution in [2.75, 3.05) is 13.2 Å². The first-order valence-corrected chi connectivity index (χ1v) is 19.8. The highest BCUT2D eigenvalue weighted by Gasteiger charge is 2.57. The smallest absolute Gasteiger partial charge is 0.261 e. The van der Waals surface area contributed by atoms with Crippen LogP contribution >= 0.6 is 0 Å². The lowest BCUT2D eigenvalue weighted by atomic mass is 10.0. The Morgan fingerprint density at radius 3 is 1.61 bits per heavy atom. The first-order valence-electron chi connectivity index (χ1n) is 17.9. The lowest BCUT2D eigenvalue weighted by molar-refractivity contribution is -0.196. The van der Waals surface area contributed by atoms with Gasteiger partial charge in [0.15, 0.2) is 5.79 Å². The van der Waals surface area contributed by atoms with Gasteiger partial charge in [-0.3, -0.25) is 0 Å². The molecule has 4 aromatic carbocycles. The number of hydrogen-bond donors (Lipinski definition) is 0. The van der Waals surface area contributed by atoms with Gasteiger partial charge in [-0.1, -0.05) is 142 Å². The zero-order valence-electron chi connectivity index (χ0n) is 29.0. The minimum Gasteiger partial charge on any atom is -0.405 e. The molecule has 49 heavy (non-hydrogen) atoms. The standard InChI is InChI=1S/C42H50O6Si/c1-41(2,3)49(34-22-12-6-13-23-34,35-24-14-7-15-25-35)46-31-37-39(48-42(47-37)26-16-17-27-42)40(45-29-33-20-10-5-11-21-33)38(36-30-43-36)44-28-32-18-8-4-9-19-32/h4-15,18-25,36-40H,16-17,26-31H2,1-3H3/t36?,37-,38+,39+,40-/m1/s1. The molecule has 1 aliphatic carbocycles. The van der Waals surface area contributed by atoms with E-state index in [-0.39, 0.29) is 23.4 Å². The van der Waals surface area contributed by atoms with Gasteiger partial charge in [0.1, 0.15) is 30.5 Å². The minimum absolute atomic E-state index is 0.0774. The number of hydrogen-bond acceptors (Lipinski definition) is 6. The van der Waals surface area contributed by atoms with Crippen LogP contribution in [-0.4, -0.2) is 57.8 Å². The summed E-state index contributed by atoms with van der Waals surface area (Å²) in [5, 5.41) is 2.32. The van der Waals surface area contributed by atoms with Crippen LogP contribution in [0.3, 0.4) is 0 Å². The molecule has 0 radical (unpaired) electrons. The SMILES string of the molecule is CC(C)(C)[Si](OC[C@H]1OC2(CCCC2)O[C@@H]1[C@H](OCc1ccccc1)[C@@H](OCc1ccccc1)C1CO1)(c1ccccc1)c1ccccc1. The molecule has 7 heteroatoms. The lowest BCUT2D eigenvalue weighted by Crippen LogP contribution is -2.67. The maximum atomic E-state index is 7.49. The highest BCUT2D eigenvalue weighted by Crippen LogP contribution is 2.45. The van der Waals surface area contributed by atoms with Gasteiger partial charge in [0, 0.05) is 12.8 Å². The summed E-state index contributed by atoms with van der Waals surface area (Å²) in [6, 6.07) is 42.2. The van der Waals surface area contributed by atoms with Crippen LogP contribution in [0.1, 0.15) is 57.6 Å². The van der Waals surface area contributed by atoms with E-state index >= 15 is 0 Å². The van der Waals surface area contributed by atoms with E-state index in [0.717, 1.165) is 36.8 Å². The molecule has 0 aromatic heterocycles. The molecule has 0 N–H and O–H groups in total. The van der Waals surface area contributed by atoms with E-state index < -0.39 is 26.3 Å². The average Bonchev–Trinajstić information content (AvgIpc) is 3.77. The Hall–Kier alpha value is -3.14. The van der Waals surface area contributed by atoms with Crippen molar-refractivity contribution in [2.24, 2.45) is 0 Å². The molecule has 1 unspecified atom stereocenters. The summed E-state index contributed by atoms with van der Waals surface area (Å²) in [5.74, 6) is -0.646. The van der Waals surface area contributed by atoms with Crippen LogP contribution in [0.2, 0.25) is 5.04 Å². The molecular formula is C42H50O6Si. The van der Waals surface area contributed by atoms with Crippen LogP contribution in [0.4, 0.5) is 0 Å². The molecule has 4 aromatic rings. The van der Waals surface area contributed by atoms with Crippen molar-refractivity contribution in [3.05, 3.63) is 132 Å². The van der Waals surface area contributed by atoms with Gasteiger partial charge in [0.05, 0.1) is 26.4 Å². The molecule has 2 aliphatic heterocycles. The van der Waals surface area contributed by atoms with Crippen molar-refractivity contribution in [3.63, 3.8) is 0 Å². The molecule has 5 atom stereocenters. The van der Waals surface area contributed by atoms with Gasteiger partial charge >= 0.3 is 0 Å². The fraction of sp³-hybridized carbons (Fsp3) is 0.429. The average molecular weight is 679 g/mol. The van der Waals surface area contributed by atoms with Gasteiger partial charge in [-0.2, -0.15) is 0 Å². The number of benzene rings is 4. The normalized spacial score (nSPS) is 23.0. The third kappa shape index (κ3) is 7.64. The Morgan fingerprint density at radius 1 is 0.673 bits per heavy atom. The van der Waals surface area contributed by atoms with Gasteiger partial charge < -0.3 is 28.1 Å².